The molecule has 1 amide bonds. The average Bonchev–Trinajstić information content (AvgIpc) is 2.75. The van der Waals surface area contributed by atoms with Crippen molar-refractivity contribution in [1.29, 1.82) is 0 Å². The van der Waals surface area contributed by atoms with E-state index in [1.54, 1.807) is 6.92 Å². The molecule has 0 bridgehead atoms. The van der Waals surface area contributed by atoms with Crippen LogP contribution >= 0.6 is 11.3 Å². The number of carboxylic acid groups (broad SMARTS) is 1. The fourth-order valence-electron chi connectivity index (χ4n) is 2.71. The quantitative estimate of drug-likeness (QED) is 0.783. The van der Waals surface area contributed by atoms with Crippen molar-refractivity contribution in [3.63, 3.8) is 0 Å². The number of nitrogens with one attached hydrogen (secondary N) is 1. The Morgan fingerprint density at radius 3 is 2.75 bits per heavy atom. The first-order valence-electron chi connectivity index (χ1n) is 6.73. The number of carbonyl (C=O) groups excluding carboxylic acids is 1. The van der Waals surface area contributed by atoms with Crippen LogP contribution in [-0.2, 0) is 4.79 Å². The Morgan fingerprint density at radius 2 is 2.15 bits per heavy atom. The van der Waals surface area contributed by atoms with Crippen molar-refractivity contribution in [2.75, 3.05) is 12.3 Å². The molecule has 6 nitrogen and oxygen atoms in total. The molecule has 0 radical (unpaired) electrons. The number of aliphatic carboxylic acids is 1. The molecule has 20 heavy (non-hydrogen) atoms. The van der Waals surface area contributed by atoms with Crippen molar-refractivity contribution in [3.8, 4) is 0 Å². The monoisotopic (exact) mass is 297 g/mol. The molecule has 1 saturated carbocycles. The second kappa shape index (κ2) is 6.21. The lowest BCUT2D eigenvalue weighted by Gasteiger charge is -2.28. The van der Waals surface area contributed by atoms with Crippen molar-refractivity contribution >= 4 is 28.3 Å². The Labute approximate surface area is 121 Å². The predicted molar refractivity (Wildman–Crippen MR) is 76.7 cm³/mol. The first-order valence-corrected chi connectivity index (χ1v) is 7.54. The van der Waals surface area contributed by atoms with Crippen molar-refractivity contribution in [2.24, 2.45) is 11.8 Å². The molecule has 0 aliphatic heterocycles. The minimum absolute atomic E-state index is 0.00998. The Bertz CT molecular complexity index is 515. The van der Waals surface area contributed by atoms with E-state index < -0.39 is 5.97 Å². The summed E-state index contributed by atoms with van der Waals surface area (Å²) in [4.78, 5) is 27.8. The van der Waals surface area contributed by atoms with Crippen LogP contribution in [0.3, 0.4) is 0 Å². The van der Waals surface area contributed by atoms with Crippen molar-refractivity contribution < 1.29 is 14.7 Å². The summed E-state index contributed by atoms with van der Waals surface area (Å²) in [6, 6.07) is 0. The lowest BCUT2D eigenvalue weighted by molar-refractivity contribution is -0.144. The van der Waals surface area contributed by atoms with Crippen LogP contribution in [0.2, 0.25) is 0 Å². The van der Waals surface area contributed by atoms with E-state index in [4.69, 9.17) is 5.73 Å². The zero-order chi connectivity index (χ0) is 14.7. The summed E-state index contributed by atoms with van der Waals surface area (Å²) in [5.41, 5.74) is 6.18. The van der Waals surface area contributed by atoms with E-state index >= 15 is 0 Å². The number of nitrogen functional groups attached to an aromatic ring is 1. The molecule has 110 valence electrons. The van der Waals surface area contributed by atoms with Crippen LogP contribution in [0, 0.1) is 18.8 Å². The maximum absolute atomic E-state index is 12.1. The van der Waals surface area contributed by atoms with Crippen molar-refractivity contribution in [1.82, 2.24) is 10.3 Å². The summed E-state index contributed by atoms with van der Waals surface area (Å²) in [6.45, 7) is 2.13. The van der Waals surface area contributed by atoms with Gasteiger partial charge in [-0.25, -0.2) is 4.98 Å². The SMILES string of the molecule is Cc1nc(N)sc1C(=O)NCC1CCCCC1C(=O)O. The zero-order valence-corrected chi connectivity index (χ0v) is 12.2. The standard InChI is InChI=1S/C13H19N3O3S/c1-7-10(20-13(14)16-7)11(17)15-6-8-4-2-3-5-9(8)12(18)19/h8-9H,2-6H2,1H3,(H2,14,16)(H,15,17)(H,18,19). The van der Waals surface area contributed by atoms with E-state index in [1.807, 2.05) is 0 Å². The van der Waals surface area contributed by atoms with Crippen LogP contribution in [0.4, 0.5) is 5.13 Å². The summed E-state index contributed by atoms with van der Waals surface area (Å²) in [5.74, 6) is -1.32. The number of nitrogens with two attached hydrogens (primary N) is 1. The molecule has 1 aromatic rings. The fraction of sp³-hybridized carbons (Fsp3) is 0.615. The number of hydrogen-bond acceptors (Lipinski definition) is 5. The number of thiazole rings is 1. The third-order valence-corrected chi connectivity index (χ3v) is 4.76. The molecule has 2 atom stereocenters. The molecule has 2 unspecified atom stereocenters. The molecule has 0 spiro atoms. The van der Waals surface area contributed by atoms with E-state index in [1.165, 1.54) is 0 Å². The van der Waals surface area contributed by atoms with E-state index in [9.17, 15) is 14.7 Å². The minimum Gasteiger partial charge on any atom is -0.481 e. The smallest absolute Gasteiger partial charge is 0.306 e. The lowest BCUT2D eigenvalue weighted by Crippen LogP contribution is -2.37. The highest BCUT2D eigenvalue weighted by molar-refractivity contribution is 7.17. The van der Waals surface area contributed by atoms with Crippen LogP contribution in [0.5, 0.6) is 0 Å². The molecule has 0 saturated heterocycles. The van der Waals surface area contributed by atoms with Gasteiger partial charge in [0.05, 0.1) is 11.6 Å². The lowest BCUT2D eigenvalue weighted by atomic mass is 9.79. The largest absolute Gasteiger partial charge is 0.481 e. The molecule has 1 fully saturated rings. The van der Waals surface area contributed by atoms with E-state index in [-0.39, 0.29) is 17.7 Å². The van der Waals surface area contributed by atoms with Gasteiger partial charge in [-0.15, -0.1) is 0 Å². The fourth-order valence-corrected chi connectivity index (χ4v) is 3.46. The molecule has 1 heterocycles. The molecule has 1 aliphatic carbocycles. The van der Waals surface area contributed by atoms with E-state index in [2.05, 4.69) is 10.3 Å². The number of nitrogens with zero attached hydrogens (tertiary/aromatic N) is 1. The maximum Gasteiger partial charge on any atom is 0.306 e. The molecule has 7 heteroatoms. The molecule has 1 aromatic heterocycles. The summed E-state index contributed by atoms with van der Waals surface area (Å²) in [7, 11) is 0. The normalized spacial score (nSPS) is 22.4. The van der Waals surface area contributed by atoms with Gasteiger partial charge in [0.1, 0.15) is 4.88 Å². The molecule has 0 aromatic carbocycles. The zero-order valence-electron chi connectivity index (χ0n) is 11.4. The minimum atomic E-state index is -0.762. The summed E-state index contributed by atoms with van der Waals surface area (Å²) < 4.78 is 0. The molecular formula is C13H19N3O3S. The number of aromatic nitrogens is 1. The summed E-state index contributed by atoms with van der Waals surface area (Å²) >= 11 is 1.15. The first-order chi connectivity index (χ1) is 9.49. The molecule has 2 rings (SSSR count). The number of rotatable bonds is 4. The van der Waals surface area contributed by atoms with Gasteiger partial charge in [0.2, 0.25) is 0 Å². The highest BCUT2D eigenvalue weighted by atomic mass is 32.1. The third-order valence-electron chi connectivity index (χ3n) is 3.77. The third kappa shape index (κ3) is 3.27. The van der Waals surface area contributed by atoms with Crippen LogP contribution < -0.4 is 11.1 Å². The Morgan fingerprint density at radius 1 is 1.45 bits per heavy atom. The summed E-state index contributed by atoms with van der Waals surface area (Å²) in [5, 5.41) is 12.4. The Kier molecular flexibility index (Phi) is 4.59. The van der Waals surface area contributed by atoms with Gasteiger partial charge in [-0.3, -0.25) is 9.59 Å². The summed E-state index contributed by atoms with van der Waals surface area (Å²) in [6.07, 6.45) is 3.52. The number of carboxylic acids is 1. The highest BCUT2D eigenvalue weighted by Gasteiger charge is 2.31. The van der Waals surface area contributed by atoms with Gasteiger partial charge in [0, 0.05) is 6.54 Å². The van der Waals surface area contributed by atoms with Gasteiger partial charge in [-0.05, 0) is 25.7 Å². The second-order valence-electron chi connectivity index (χ2n) is 5.17. The topological polar surface area (TPSA) is 105 Å². The molecular weight excluding hydrogens is 278 g/mol. The van der Waals surface area contributed by atoms with E-state index in [0.717, 1.165) is 30.6 Å². The number of amides is 1. The van der Waals surface area contributed by atoms with Gasteiger partial charge < -0.3 is 16.2 Å². The molecule has 1 aliphatic rings. The number of aryl methyl sites for hydroxylation is 1. The van der Waals surface area contributed by atoms with Gasteiger partial charge >= 0.3 is 5.97 Å². The second-order valence-corrected chi connectivity index (χ2v) is 6.20. The van der Waals surface area contributed by atoms with Crippen molar-refractivity contribution in [3.05, 3.63) is 10.6 Å². The Hall–Kier alpha value is -1.63. The maximum atomic E-state index is 12.1. The van der Waals surface area contributed by atoms with Gasteiger partial charge in [0.25, 0.3) is 5.91 Å². The van der Waals surface area contributed by atoms with Gasteiger partial charge in [-0.1, -0.05) is 24.2 Å². The van der Waals surface area contributed by atoms with Crippen LogP contribution in [0.1, 0.15) is 41.0 Å². The number of hydrogen-bond donors (Lipinski definition) is 3. The van der Waals surface area contributed by atoms with Gasteiger partial charge in [-0.2, -0.15) is 0 Å². The number of carbonyl (C=O) groups is 2. The van der Waals surface area contributed by atoms with Gasteiger partial charge in [0.15, 0.2) is 5.13 Å². The highest BCUT2D eigenvalue weighted by Crippen LogP contribution is 2.30. The predicted octanol–water partition coefficient (Wildman–Crippen LogP) is 1.65. The molecule has 4 N–H and O–H groups in total. The van der Waals surface area contributed by atoms with E-state index in [0.29, 0.717) is 28.7 Å². The van der Waals surface area contributed by atoms with Crippen LogP contribution in [-0.4, -0.2) is 28.5 Å². The van der Waals surface area contributed by atoms with Crippen LogP contribution in [0.15, 0.2) is 0 Å². The van der Waals surface area contributed by atoms with Crippen molar-refractivity contribution in [2.45, 2.75) is 32.6 Å². The van der Waals surface area contributed by atoms with Crippen LogP contribution in [0.25, 0.3) is 0 Å². The first kappa shape index (κ1) is 14.8. The Balaban J connectivity index is 1.95. The number of anilines is 1. The average molecular weight is 297 g/mol.